The summed E-state index contributed by atoms with van der Waals surface area (Å²) in [7, 11) is 3.99. The number of nitrogens with zero attached hydrogens (tertiary/aromatic N) is 4. The molecule has 5 nitrogen and oxygen atoms in total. The molecule has 3 rings (SSSR count). The minimum Gasteiger partial charge on any atom is -0.377 e. The SMILES string of the molecule is Cc1cc(NCc2cnccc2N(C)C)nn1-c1ccccc1F. The summed E-state index contributed by atoms with van der Waals surface area (Å²) in [6.07, 6.45) is 3.61. The van der Waals surface area contributed by atoms with Gasteiger partial charge in [-0.15, -0.1) is 0 Å². The Balaban J connectivity index is 1.81. The number of anilines is 2. The molecule has 0 aliphatic rings. The molecular formula is C18H20FN5. The van der Waals surface area contributed by atoms with Gasteiger partial charge in [0.25, 0.3) is 0 Å². The van der Waals surface area contributed by atoms with Crippen molar-refractivity contribution >= 4 is 11.5 Å². The van der Waals surface area contributed by atoms with Crippen molar-refractivity contribution in [1.29, 1.82) is 0 Å². The third kappa shape index (κ3) is 3.22. The van der Waals surface area contributed by atoms with Crippen molar-refractivity contribution in [3.8, 4) is 5.69 Å². The van der Waals surface area contributed by atoms with Gasteiger partial charge in [0.15, 0.2) is 0 Å². The van der Waals surface area contributed by atoms with Crippen LogP contribution in [0.15, 0.2) is 48.8 Å². The van der Waals surface area contributed by atoms with E-state index in [1.54, 1.807) is 29.1 Å². The molecule has 0 bridgehead atoms. The quantitative estimate of drug-likeness (QED) is 0.781. The fourth-order valence-corrected chi connectivity index (χ4v) is 2.61. The van der Waals surface area contributed by atoms with Crippen LogP contribution >= 0.6 is 0 Å². The Bertz CT molecular complexity index is 841. The van der Waals surface area contributed by atoms with Crippen molar-refractivity contribution in [3.63, 3.8) is 0 Å². The minimum absolute atomic E-state index is 0.294. The van der Waals surface area contributed by atoms with Crippen molar-refractivity contribution in [1.82, 2.24) is 14.8 Å². The molecule has 0 aliphatic heterocycles. The second-order valence-electron chi connectivity index (χ2n) is 5.79. The number of hydrogen-bond donors (Lipinski definition) is 1. The van der Waals surface area contributed by atoms with Gasteiger partial charge >= 0.3 is 0 Å². The Kier molecular flexibility index (Phi) is 4.46. The van der Waals surface area contributed by atoms with Gasteiger partial charge < -0.3 is 10.2 Å². The van der Waals surface area contributed by atoms with E-state index in [-0.39, 0.29) is 5.82 Å². The molecule has 0 spiro atoms. The number of para-hydroxylation sites is 1. The van der Waals surface area contributed by atoms with Gasteiger partial charge in [0.1, 0.15) is 17.3 Å². The number of hydrogen-bond acceptors (Lipinski definition) is 4. The first-order valence-electron chi connectivity index (χ1n) is 7.72. The van der Waals surface area contributed by atoms with E-state index in [1.807, 2.05) is 44.2 Å². The summed E-state index contributed by atoms with van der Waals surface area (Å²) in [5.41, 5.74) is 3.48. The number of rotatable bonds is 5. The van der Waals surface area contributed by atoms with Gasteiger partial charge in [0.2, 0.25) is 0 Å². The Morgan fingerprint density at radius 2 is 2.00 bits per heavy atom. The second-order valence-corrected chi connectivity index (χ2v) is 5.79. The Hall–Kier alpha value is -2.89. The Morgan fingerprint density at radius 1 is 1.21 bits per heavy atom. The molecule has 0 amide bonds. The van der Waals surface area contributed by atoms with Crippen LogP contribution in [-0.2, 0) is 6.54 Å². The first-order chi connectivity index (χ1) is 11.6. The van der Waals surface area contributed by atoms with Crippen LogP contribution in [0.2, 0.25) is 0 Å². The molecule has 0 radical (unpaired) electrons. The molecule has 0 saturated heterocycles. The summed E-state index contributed by atoms with van der Waals surface area (Å²) in [4.78, 5) is 6.22. The highest BCUT2D eigenvalue weighted by Crippen LogP contribution is 2.20. The Labute approximate surface area is 140 Å². The molecule has 1 N–H and O–H groups in total. The van der Waals surface area contributed by atoms with Gasteiger partial charge in [0.05, 0.1) is 0 Å². The van der Waals surface area contributed by atoms with E-state index in [0.29, 0.717) is 18.1 Å². The van der Waals surface area contributed by atoms with E-state index < -0.39 is 0 Å². The monoisotopic (exact) mass is 325 g/mol. The van der Waals surface area contributed by atoms with Crippen molar-refractivity contribution in [2.45, 2.75) is 13.5 Å². The van der Waals surface area contributed by atoms with Gasteiger partial charge in [-0.05, 0) is 25.1 Å². The molecule has 0 aliphatic carbocycles. The normalized spacial score (nSPS) is 10.7. The predicted molar refractivity (Wildman–Crippen MR) is 94.1 cm³/mol. The van der Waals surface area contributed by atoms with Crippen LogP contribution in [0.3, 0.4) is 0 Å². The van der Waals surface area contributed by atoms with Crippen molar-refractivity contribution < 1.29 is 4.39 Å². The predicted octanol–water partition coefficient (Wildman–Crippen LogP) is 3.39. The molecule has 2 heterocycles. The lowest BCUT2D eigenvalue weighted by molar-refractivity contribution is 0.609. The highest BCUT2D eigenvalue weighted by molar-refractivity contribution is 5.52. The average Bonchev–Trinajstić information content (AvgIpc) is 2.94. The molecule has 0 unspecified atom stereocenters. The van der Waals surface area contributed by atoms with Crippen LogP contribution in [0.5, 0.6) is 0 Å². The molecular weight excluding hydrogens is 305 g/mol. The van der Waals surface area contributed by atoms with Crippen molar-refractivity contribution in [3.05, 3.63) is 65.9 Å². The van der Waals surface area contributed by atoms with E-state index in [1.165, 1.54) is 6.07 Å². The standard InChI is InChI=1S/C18H20FN5/c1-13-10-18(22-24(13)17-7-5-4-6-15(17)19)21-12-14-11-20-9-8-16(14)23(2)3/h4-11H,12H2,1-3H3,(H,21,22). The lowest BCUT2D eigenvalue weighted by Gasteiger charge is -2.16. The lowest BCUT2D eigenvalue weighted by Crippen LogP contribution is -2.13. The Morgan fingerprint density at radius 3 is 2.75 bits per heavy atom. The van der Waals surface area contributed by atoms with Crippen LogP contribution in [0.4, 0.5) is 15.9 Å². The smallest absolute Gasteiger partial charge is 0.148 e. The fourth-order valence-electron chi connectivity index (χ4n) is 2.61. The van der Waals surface area contributed by atoms with Crippen molar-refractivity contribution in [2.75, 3.05) is 24.3 Å². The van der Waals surface area contributed by atoms with Crippen LogP contribution < -0.4 is 10.2 Å². The fraction of sp³-hybridized carbons (Fsp3) is 0.222. The summed E-state index contributed by atoms with van der Waals surface area (Å²) in [5, 5.41) is 7.75. The summed E-state index contributed by atoms with van der Waals surface area (Å²) in [6, 6.07) is 10.5. The number of pyridine rings is 1. The molecule has 24 heavy (non-hydrogen) atoms. The van der Waals surface area contributed by atoms with E-state index in [2.05, 4.69) is 15.4 Å². The van der Waals surface area contributed by atoms with Gasteiger partial charge in [-0.2, -0.15) is 5.10 Å². The van der Waals surface area contributed by atoms with Gasteiger partial charge in [0, 0.05) is 56.0 Å². The van der Waals surface area contributed by atoms with Crippen LogP contribution in [0.1, 0.15) is 11.3 Å². The minimum atomic E-state index is -0.294. The molecule has 6 heteroatoms. The van der Waals surface area contributed by atoms with Crippen molar-refractivity contribution in [2.24, 2.45) is 0 Å². The summed E-state index contributed by atoms with van der Waals surface area (Å²) >= 11 is 0. The molecule has 124 valence electrons. The number of nitrogens with one attached hydrogen (secondary N) is 1. The third-order valence-corrected chi connectivity index (χ3v) is 3.79. The van der Waals surface area contributed by atoms with Gasteiger partial charge in [-0.1, -0.05) is 12.1 Å². The zero-order valence-electron chi connectivity index (χ0n) is 14.0. The largest absolute Gasteiger partial charge is 0.377 e. The average molecular weight is 325 g/mol. The summed E-state index contributed by atoms with van der Waals surface area (Å²) < 4.78 is 15.6. The third-order valence-electron chi connectivity index (χ3n) is 3.79. The number of halogens is 1. The maximum Gasteiger partial charge on any atom is 0.148 e. The first-order valence-corrected chi connectivity index (χ1v) is 7.72. The summed E-state index contributed by atoms with van der Waals surface area (Å²) in [6.45, 7) is 2.50. The topological polar surface area (TPSA) is 46.0 Å². The van der Waals surface area contributed by atoms with E-state index in [0.717, 1.165) is 16.9 Å². The molecule has 0 atom stereocenters. The highest BCUT2D eigenvalue weighted by atomic mass is 19.1. The van der Waals surface area contributed by atoms with Gasteiger partial charge in [-0.3, -0.25) is 4.98 Å². The van der Waals surface area contributed by atoms with Crippen LogP contribution in [-0.4, -0.2) is 28.9 Å². The molecule has 0 fully saturated rings. The molecule has 1 aromatic carbocycles. The van der Waals surface area contributed by atoms with Crippen LogP contribution in [0.25, 0.3) is 5.69 Å². The molecule has 2 aromatic heterocycles. The molecule has 3 aromatic rings. The van der Waals surface area contributed by atoms with E-state index in [4.69, 9.17) is 0 Å². The maximum atomic E-state index is 14.0. The zero-order chi connectivity index (χ0) is 17.1. The van der Waals surface area contributed by atoms with E-state index in [9.17, 15) is 4.39 Å². The maximum absolute atomic E-state index is 14.0. The highest BCUT2D eigenvalue weighted by Gasteiger charge is 2.10. The number of aromatic nitrogens is 3. The van der Waals surface area contributed by atoms with E-state index >= 15 is 0 Å². The zero-order valence-corrected chi connectivity index (χ0v) is 14.0. The number of aryl methyl sites for hydroxylation is 1. The van der Waals surface area contributed by atoms with Crippen LogP contribution in [0, 0.1) is 12.7 Å². The summed E-state index contributed by atoms with van der Waals surface area (Å²) in [5.74, 6) is 0.404. The second kappa shape index (κ2) is 6.70. The lowest BCUT2D eigenvalue weighted by atomic mass is 10.2. The van der Waals surface area contributed by atoms with Gasteiger partial charge in [-0.25, -0.2) is 9.07 Å². The molecule has 0 saturated carbocycles. The first kappa shape index (κ1) is 16.0. The number of benzene rings is 1.